The first-order valence-electron chi connectivity index (χ1n) is 8.57. The number of carbonyl (C=O) groups is 2. The summed E-state index contributed by atoms with van der Waals surface area (Å²) < 4.78 is 83.9. The first-order chi connectivity index (χ1) is 14.4. The van der Waals surface area contributed by atoms with Crippen molar-refractivity contribution in [2.45, 2.75) is 25.5 Å². The summed E-state index contributed by atoms with van der Waals surface area (Å²) >= 11 is 5.48. The van der Waals surface area contributed by atoms with E-state index in [0.29, 0.717) is 12.1 Å². The lowest BCUT2D eigenvalue weighted by Gasteiger charge is -2.16. The average Bonchev–Trinajstić information content (AvgIpc) is 3.14. The third-order valence-electron chi connectivity index (χ3n) is 4.22. The van der Waals surface area contributed by atoms with Crippen LogP contribution in [-0.2, 0) is 35.0 Å². The fourth-order valence-electron chi connectivity index (χ4n) is 2.81. The molecule has 0 unspecified atom stereocenters. The van der Waals surface area contributed by atoms with Gasteiger partial charge in [0.1, 0.15) is 12.3 Å². The second-order valence-corrected chi connectivity index (χ2v) is 6.68. The summed E-state index contributed by atoms with van der Waals surface area (Å²) in [6.07, 6.45) is -10.0. The maximum Gasteiger partial charge on any atom is 0.416 e. The van der Waals surface area contributed by atoms with Gasteiger partial charge in [-0.3, -0.25) is 14.5 Å². The Hall–Kier alpha value is -2.89. The van der Waals surface area contributed by atoms with Gasteiger partial charge in [0.25, 0.3) is 0 Å². The molecule has 0 amide bonds. The molecule has 1 aromatic carbocycles. The smallest absolute Gasteiger partial charge is 0.416 e. The number of Topliss-reactive ketones (excluding diaryl/α,β-unsaturated/α-hetero) is 1. The molecule has 1 aromatic heterocycles. The third kappa shape index (κ3) is 5.06. The highest BCUT2D eigenvalue weighted by atomic mass is 35.5. The molecule has 2 aromatic rings. The Balaban J connectivity index is 1.82. The summed E-state index contributed by atoms with van der Waals surface area (Å²) in [5.41, 5.74) is -3.69. The minimum Gasteiger partial charge on any atom is -0.456 e. The minimum atomic E-state index is -5.02. The molecule has 0 aliphatic carbocycles. The number of esters is 1. The van der Waals surface area contributed by atoms with Gasteiger partial charge in [-0.1, -0.05) is 0 Å². The Morgan fingerprint density at radius 1 is 1.03 bits per heavy atom. The van der Waals surface area contributed by atoms with Crippen molar-refractivity contribution < 1.29 is 40.7 Å². The van der Waals surface area contributed by atoms with Crippen LogP contribution in [0, 0.1) is 0 Å². The van der Waals surface area contributed by atoms with Crippen molar-refractivity contribution in [1.29, 1.82) is 0 Å². The summed E-state index contributed by atoms with van der Waals surface area (Å²) in [6.45, 7) is -0.494. The van der Waals surface area contributed by atoms with Gasteiger partial charge in [-0.05, 0) is 29.8 Å². The van der Waals surface area contributed by atoms with Crippen LogP contribution in [0.3, 0.4) is 0 Å². The number of nitrogens with zero attached hydrogens (tertiary/aromatic N) is 3. The van der Waals surface area contributed by atoms with E-state index in [2.05, 4.69) is 10.1 Å². The average molecular weight is 468 g/mol. The van der Waals surface area contributed by atoms with E-state index < -0.39 is 47.4 Å². The molecular weight excluding hydrogens is 456 g/mol. The molecule has 0 N–H and O–H groups in total. The number of aliphatic imine (C=N–C) groups is 1. The number of hydrogen-bond acceptors (Lipinski definition) is 5. The maximum absolute atomic E-state index is 12.9. The fraction of sp³-hybridized carbons (Fsp3) is 0.333. The normalized spacial score (nSPS) is 14.1. The van der Waals surface area contributed by atoms with E-state index in [4.69, 9.17) is 16.3 Å². The number of ketones is 1. The van der Waals surface area contributed by atoms with Gasteiger partial charge in [-0.25, -0.2) is 4.79 Å². The van der Waals surface area contributed by atoms with Crippen LogP contribution in [0.4, 0.5) is 26.3 Å². The molecule has 1 aliphatic rings. The van der Waals surface area contributed by atoms with Crippen LogP contribution in [0.2, 0.25) is 0 Å². The number of rotatable bonds is 5. The largest absolute Gasteiger partial charge is 0.456 e. The zero-order valence-corrected chi connectivity index (χ0v) is 16.1. The third-order valence-corrected chi connectivity index (χ3v) is 4.46. The molecule has 2 heterocycles. The van der Waals surface area contributed by atoms with Crippen molar-refractivity contribution in [2.24, 2.45) is 4.99 Å². The molecule has 0 saturated heterocycles. The number of ether oxygens (including phenoxy) is 1. The molecular formula is C18H12ClF6N3O3. The van der Waals surface area contributed by atoms with E-state index in [9.17, 15) is 35.9 Å². The van der Waals surface area contributed by atoms with Gasteiger partial charge in [0, 0.05) is 0 Å². The van der Waals surface area contributed by atoms with Gasteiger partial charge in [-0.15, -0.1) is 11.6 Å². The molecule has 31 heavy (non-hydrogen) atoms. The van der Waals surface area contributed by atoms with Crippen LogP contribution in [0.5, 0.6) is 0 Å². The number of halogens is 7. The Labute approximate surface area is 175 Å². The zero-order chi connectivity index (χ0) is 23.0. The van der Waals surface area contributed by atoms with Crippen LogP contribution >= 0.6 is 11.6 Å². The van der Waals surface area contributed by atoms with Crippen LogP contribution in [0.25, 0.3) is 0 Å². The first-order valence-corrected chi connectivity index (χ1v) is 9.11. The highest BCUT2D eigenvalue weighted by Gasteiger charge is 2.37. The SMILES string of the molecule is O=C(OCc1cc(C(F)(F)F)cc(C(F)(F)F)c1)C1=NCCn2nc(C(=O)CCl)cc21. The Bertz CT molecular complexity index is 1030. The number of aromatic nitrogens is 2. The summed E-state index contributed by atoms with van der Waals surface area (Å²) in [5, 5.41) is 3.99. The van der Waals surface area contributed by atoms with E-state index in [1.54, 1.807) is 0 Å². The second-order valence-electron chi connectivity index (χ2n) is 6.42. The molecule has 0 saturated carbocycles. The van der Waals surface area contributed by atoms with Gasteiger partial charge in [0.15, 0.2) is 11.5 Å². The molecule has 0 bridgehead atoms. The van der Waals surface area contributed by atoms with Crippen molar-refractivity contribution in [1.82, 2.24) is 9.78 Å². The highest BCUT2D eigenvalue weighted by Crippen LogP contribution is 2.36. The van der Waals surface area contributed by atoms with Crippen molar-refractivity contribution in [3.63, 3.8) is 0 Å². The quantitative estimate of drug-likeness (QED) is 0.289. The monoisotopic (exact) mass is 467 g/mol. The maximum atomic E-state index is 12.9. The Kier molecular flexibility index (Phi) is 6.12. The molecule has 13 heteroatoms. The number of benzene rings is 1. The van der Waals surface area contributed by atoms with E-state index in [-0.39, 0.29) is 42.1 Å². The van der Waals surface area contributed by atoms with Gasteiger partial charge >= 0.3 is 18.3 Å². The van der Waals surface area contributed by atoms with Crippen LogP contribution in [-0.4, -0.2) is 39.7 Å². The van der Waals surface area contributed by atoms with Gasteiger partial charge < -0.3 is 4.74 Å². The minimum absolute atomic E-state index is 0.0138. The van der Waals surface area contributed by atoms with Crippen LogP contribution < -0.4 is 0 Å². The molecule has 0 spiro atoms. The Morgan fingerprint density at radius 2 is 1.65 bits per heavy atom. The summed E-state index contributed by atoms with van der Waals surface area (Å²) in [4.78, 5) is 28.1. The molecule has 0 atom stereocenters. The lowest BCUT2D eigenvalue weighted by molar-refractivity contribution is -0.143. The van der Waals surface area contributed by atoms with Crippen molar-refractivity contribution in [3.8, 4) is 0 Å². The van der Waals surface area contributed by atoms with E-state index in [0.717, 1.165) is 0 Å². The Morgan fingerprint density at radius 3 is 2.19 bits per heavy atom. The van der Waals surface area contributed by atoms with Crippen LogP contribution in [0.1, 0.15) is 32.9 Å². The number of fused-ring (bicyclic) bond motifs is 1. The molecule has 6 nitrogen and oxygen atoms in total. The topological polar surface area (TPSA) is 73.5 Å². The molecule has 3 rings (SSSR count). The molecule has 0 radical (unpaired) electrons. The van der Waals surface area contributed by atoms with E-state index in [1.165, 1.54) is 10.7 Å². The number of carbonyl (C=O) groups excluding carboxylic acids is 2. The lowest BCUT2D eigenvalue weighted by Crippen LogP contribution is -2.27. The molecule has 0 fully saturated rings. The fourth-order valence-corrected chi connectivity index (χ4v) is 2.95. The van der Waals surface area contributed by atoms with Gasteiger partial charge in [0.05, 0.1) is 35.8 Å². The highest BCUT2D eigenvalue weighted by molar-refractivity contribution is 6.43. The van der Waals surface area contributed by atoms with Crippen molar-refractivity contribution in [3.05, 3.63) is 52.3 Å². The second kappa shape index (κ2) is 8.33. The van der Waals surface area contributed by atoms with Crippen molar-refractivity contribution in [2.75, 3.05) is 12.4 Å². The summed E-state index contributed by atoms with van der Waals surface area (Å²) in [7, 11) is 0. The first kappa shape index (κ1) is 22.8. The standard InChI is InChI=1S/C18H12ClF6N3O3/c19-7-14(29)12-6-13-15(26-1-2-28(13)27-12)16(30)31-8-9-3-10(17(20,21)22)5-11(4-9)18(23,24)25/h3-6H,1-2,7-8H2. The lowest BCUT2D eigenvalue weighted by atomic mass is 10.1. The summed E-state index contributed by atoms with van der Waals surface area (Å²) in [6, 6.07) is 2.17. The molecule has 1 aliphatic heterocycles. The zero-order valence-electron chi connectivity index (χ0n) is 15.3. The predicted molar refractivity (Wildman–Crippen MR) is 94.9 cm³/mol. The van der Waals surface area contributed by atoms with Crippen molar-refractivity contribution >= 4 is 29.1 Å². The molecule has 166 valence electrons. The van der Waals surface area contributed by atoms with Gasteiger partial charge in [-0.2, -0.15) is 31.4 Å². The van der Waals surface area contributed by atoms with Gasteiger partial charge in [0.2, 0.25) is 0 Å². The predicted octanol–water partition coefficient (Wildman–Crippen LogP) is 3.89. The van der Waals surface area contributed by atoms with E-state index >= 15 is 0 Å². The number of alkyl halides is 7. The van der Waals surface area contributed by atoms with E-state index in [1.807, 2.05) is 0 Å². The summed E-state index contributed by atoms with van der Waals surface area (Å²) in [5.74, 6) is -1.93. The number of hydrogen-bond donors (Lipinski definition) is 0. The van der Waals surface area contributed by atoms with Crippen LogP contribution in [0.15, 0.2) is 29.3 Å².